The molecule has 1 aromatic heterocycles. The van der Waals surface area contributed by atoms with Crippen molar-refractivity contribution in [3.63, 3.8) is 0 Å². The first kappa shape index (κ1) is 17.2. The molecule has 24 heavy (non-hydrogen) atoms. The molecule has 1 aliphatic heterocycles. The van der Waals surface area contributed by atoms with Crippen molar-refractivity contribution in [2.75, 3.05) is 23.9 Å². The summed E-state index contributed by atoms with van der Waals surface area (Å²) in [6.45, 7) is 0.819. The van der Waals surface area contributed by atoms with Crippen LogP contribution in [-0.4, -0.2) is 28.3 Å². The summed E-state index contributed by atoms with van der Waals surface area (Å²) in [5.74, 6) is 1.80. The number of aryl methyl sites for hydroxylation is 1. The lowest BCUT2D eigenvalue weighted by molar-refractivity contribution is -0.137. The van der Waals surface area contributed by atoms with Crippen LogP contribution in [0.15, 0.2) is 24.3 Å². The Kier molecular flexibility index (Phi) is 5.08. The predicted molar refractivity (Wildman–Crippen MR) is 92.1 cm³/mol. The smallest absolute Gasteiger partial charge is 0.370 e. The molecule has 7 heteroatoms. The zero-order chi connectivity index (χ0) is 17.2. The summed E-state index contributed by atoms with van der Waals surface area (Å²) in [6, 6.07) is 5.36. The number of hydrogen-bond acceptors (Lipinski definition) is 3. The summed E-state index contributed by atoms with van der Waals surface area (Å²) in [7, 11) is 0. The van der Waals surface area contributed by atoms with Gasteiger partial charge in [-0.2, -0.15) is 30.0 Å². The van der Waals surface area contributed by atoms with Gasteiger partial charge in [0, 0.05) is 18.5 Å². The van der Waals surface area contributed by atoms with Crippen LogP contribution in [0.3, 0.4) is 0 Å². The van der Waals surface area contributed by atoms with Crippen LogP contribution in [0.25, 0.3) is 5.69 Å². The SMILES string of the molecule is CSCCc1nn(-c2cccc(C(F)(F)F)c2)c2c1CCCCN2. The molecular formula is C17H20F3N3S. The number of alkyl halides is 3. The van der Waals surface area contributed by atoms with E-state index < -0.39 is 11.7 Å². The maximum absolute atomic E-state index is 13.0. The molecule has 0 atom stereocenters. The molecule has 130 valence electrons. The van der Waals surface area contributed by atoms with Crippen LogP contribution in [0.4, 0.5) is 19.0 Å². The lowest BCUT2D eigenvalue weighted by Crippen LogP contribution is -2.09. The van der Waals surface area contributed by atoms with Crippen molar-refractivity contribution in [3.05, 3.63) is 41.1 Å². The molecular weight excluding hydrogens is 335 g/mol. The molecule has 0 aliphatic carbocycles. The maximum atomic E-state index is 13.0. The molecule has 0 bridgehead atoms. The number of nitrogens with zero attached hydrogens (tertiary/aromatic N) is 2. The summed E-state index contributed by atoms with van der Waals surface area (Å²) in [5, 5.41) is 8.00. The molecule has 0 unspecified atom stereocenters. The van der Waals surface area contributed by atoms with Gasteiger partial charge < -0.3 is 5.32 Å². The number of fused-ring (bicyclic) bond motifs is 1. The summed E-state index contributed by atoms with van der Waals surface area (Å²) >= 11 is 1.74. The van der Waals surface area contributed by atoms with Crippen molar-refractivity contribution in [1.82, 2.24) is 9.78 Å². The van der Waals surface area contributed by atoms with E-state index in [0.29, 0.717) is 5.69 Å². The van der Waals surface area contributed by atoms with Gasteiger partial charge in [-0.3, -0.25) is 0 Å². The number of benzene rings is 1. The van der Waals surface area contributed by atoms with Crippen LogP contribution in [-0.2, 0) is 19.0 Å². The van der Waals surface area contributed by atoms with Crippen molar-refractivity contribution < 1.29 is 13.2 Å². The minimum absolute atomic E-state index is 0.450. The molecule has 1 N–H and O–H groups in total. The highest BCUT2D eigenvalue weighted by Crippen LogP contribution is 2.33. The Morgan fingerprint density at radius 3 is 2.88 bits per heavy atom. The molecule has 0 saturated heterocycles. The fourth-order valence-corrected chi connectivity index (χ4v) is 3.37. The van der Waals surface area contributed by atoms with Gasteiger partial charge in [-0.1, -0.05) is 6.07 Å². The van der Waals surface area contributed by atoms with E-state index >= 15 is 0 Å². The fraction of sp³-hybridized carbons (Fsp3) is 0.471. The highest BCUT2D eigenvalue weighted by atomic mass is 32.2. The number of nitrogens with one attached hydrogen (secondary N) is 1. The molecule has 0 amide bonds. The molecule has 2 aromatic rings. The second-order valence-corrected chi connectivity index (χ2v) is 6.85. The van der Waals surface area contributed by atoms with E-state index in [1.165, 1.54) is 6.07 Å². The lowest BCUT2D eigenvalue weighted by atomic mass is 10.1. The zero-order valence-electron chi connectivity index (χ0n) is 13.5. The van der Waals surface area contributed by atoms with Gasteiger partial charge in [0.05, 0.1) is 16.9 Å². The fourth-order valence-electron chi connectivity index (χ4n) is 2.97. The van der Waals surface area contributed by atoms with Gasteiger partial charge in [0.15, 0.2) is 0 Å². The average molecular weight is 355 g/mol. The molecule has 0 spiro atoms. The lowest BCUT2D eigenvalue weighted by Gasteiger charge is -2.12. The Hall–Kier alpha value is -1.63. The van der Waals surface area contributed by atoms with E-state index in [4.69, 9.17) is 0 Å². The Bertz CT molecular complexity index is 710. The van der Waals surface area contributed by atoms with Gasteiger partial charge in [-0.15, -0.1) is 0 Å². The van der Waals surface area contributed by atoms with Crippen LogP contribution in [0.2, 0.25) is 0 Å². The van der Waals surface area contributed by atoms with Crippen LogP contribution < -0.4 is 5.32 Å². The average Bonchev–Trinajstić information content (AvgIpc) is 2.73. The predicted octanol–water partition coefficient (Wildman–Crippen LogP) is 4.54. The monoisotopic (exact) mass is 355 g/mol. The molecule has 2 heterocycles. The first-order valence-corrected chi connectivity index (χ1v) is 9.41. The zero-order valence-corrected chi connectivity index (χ0v) is 14.3. The van der Waals surface area contributed by atoms with E-state index in [-0.39, 0.29) is 0 Å². The van der Waals surface area contributed by atoms with Gasteiger partial charge in [0.1, 0.15) is 5.82 Å². The van der Waals surface area contributed by atoms with E-state index in [1.807, 2.05) is 6.26 Å². The number of aromatic nitrogens is 2. The quantitative estimate of drug-likeness (QED) is 0.873. The topological polar surface area (TPSA) is 29.9 Å². The molecule has 1 aromatic carbocycles. The van der Waals surface area contributed by atoms with Gasteiger partial charge in [0.25, 0.3) is 0 Å². The Morgan fingerprint density at radius 2 is 2.12 bits per heavy atom. The van der Waals surface area contributed by atoms with Crippen molar-refractivity contribution in [2.24, 2.45) is 0 Å². The Morgan fingerprint density at radius 1 is 1.29 bits per heavy atom. The third-order valence-corrected chi connectivity index (χ3v) is 4.79. The third-order valence-electron chi connectivity index (χ3n) is 4.17. The minimum Gasteiger partial charge on any atom is -0.370 e. The summed E-state index contributed by atoms with van der Waals surface area (Å²) in [5.41, 5.74) is 1.94. The second kappa shape index (κ2) is 7.09. The molecule has 0 saturated carbocycles. The number of halogens is 3. The summed E-state index contributed by atoms with van der Waals surface area (Å²) in [6.07, 6.45) is 1.57. The maximum Gasteiger partial charge on any atom is 0.416 e. The van der Waals surface area contributed by atoms with E-state index in [1.54, 1.807) is 22.5 Å². The molecule has 1 aliphatic rings. The van der Waals surface area contributed by atoms with E-state index in [2.05, 4.69) is 10.4 Å². The van der Waals surface area contributed by atoms with Crippen molar-refractivity contribution in [1.29, 1.82) is 0 Å². The van der Waals surface area contributed by atoms with E-state index in [9.17, 15) is 13.2 Å². The molecule has 0 fully saturated rings. The van der Waals surface area contributed by atoms with Gasteiger partial charge in [-0.25, -0.2) is 4.68 Å². The number of rotatable bonds is 4. The first-order chi connectivity index (χ1) is 11.5. The van der Waals surface area contributed by atoms with E-state index in [0.717, 1.165) is 67.2 Å². The molecule has 3 rings (SSSR count). The van der Waals surface area contributed by atoms with Gasteiger partial charge in [-0.05, 0) is 49.5 Å². The Labute approximate surface area is 143 Å². The summed E-state index contributed by atoms with van der Waals surface area (Å²) < 4.78 is 40.7. The number of thioether (sulfide) groups is 1. The largest absolute Gasteiger partial charge is 0.416 e. The number of anilines is 1. The van der Waals surface area contributed by atoms with Crippen molar-refractivity contribution in [2.45, 2.75) is 31.9 Å². The van der Waals surface area contributed by atoms with Gasteiger partial charge >= 0.3 is 6.18 Å². The standard InChI is InChI=1S/C17H20F3N3S/c1-24-10-8-15-14-7-2-3-9-21-16(14)23(22-15)13-6-4-5-12(11-13)17(18,19)20/h4-6,11,21H,2-3,7-10H2,1H3. The van der Waals surface area contributed by atoms with Crippen LogP contribution in [0.1, 0.15) is 29.7 Å². The highest BCUT2D eigenvalue weighted by molar-refractivity contribution is 7.98. The Balaban J connectivity index is 2.06. The van der Waals surface area contributed by atoms with Crippen LogP contribution in [0.5, 0.6) is 0 Å². The third kappa shape index (κ3) is 3.55. The van der Waals surface area contributed by atoms with Crippen LogP contribution >= 0.6 is 11.8 Å². The second-order valence-electron chi connectivity index (χ2n) is 5.86. The first-order valence-electron chi connectivity index (χ1n) is 8.02. The molecule has 0 radical (unpaired) electrons. The van der Waals surface area contributed by atoms with Crippen molar-refractivity contribution >= 4 is 17.6 Å². The molecule has 3 nitrogen and oxygen atoms in total. The summed E-state index contributed by atoms with van der Waals surface area (Å²) in [4.78, 5) is 0. The minimum atomic E-state index is -4.35. The highest BCUT2D eigenvalue weighted by Gasteiger charge is 2.31. The normalized spacial score (nSPS) is 14.8. The number of hydrogen-bond donors (Lipinski definition) is 1. The van der Waals surface area contributed by atoms with Crippen LogP contribution in [0, 0.1) is 0 Å². The van der Waals surface area contributed by atoms with Gasteiger partial charge in [0.2, 0.25) is 0 Å². The van der Waals surface area contributed by atoms with Crippen molar-refractivity contribution in [3.8, 4) is 5.69 Å².